The number of rotatable bonds is 3. The van der Waals surface area contributed by atoms with Gasteiger partial charge in [-0.25, -0.2) is 4.98 Å². The molecule has 1 aliphatic rings. The van der Waals surface area contributed by atoms with Crippen molar-refractivity contribution in [1.29, 1.82) is 0 Å². The molecule has 0 aromatic carbocycles. The van der Waals surface area contributed by atoms with Gasteiger partial charge >= 0.3 is 0 Å². The smallest absolute Gasteiger partial charge is 0.265 e. The number of nitrogens with zero attached hydrogens (tertiary/aromatic N) is 3. The third kappa shape index (κ3) is 3.13. The Morgan fingerprint density at radius 1 is 1.53 bits per heavy atom. The van der Waals surface area contributed by atoms with Crippen molar-refractivity contribution in [2.45, 2.75) is 25.9 Å². The fraction of sp³-hybridized carbons (Fsp3) is 0.692. The minimum Gasteiger partial charge on any atom is -0.387 e. The average molecular weight is 283 g/mol. The topological polar surface area (TPSA) is 56.7 Å². The van der Waals surface area contributed by atoms with Crippen LogP contribution in [0, 0.1) is 13.8 Å². The molecule has 0 aliphatic carbocycles. The Hall–Kier alpha value is -0.980. The van der Waals surface area contributed by atoms with Gasteiger partial charge in [0.2, 0.25) is 0 Å². The van der Waals surface area contributed by atoms with Gasteiger partial charge in [0.1, 0.15) is 4.88 Å². The van der Waals surface area contributed by atoms with E-state index in [1.54, 1.807) is 4.90 Å². The number of hydrogen-bond acceptors (Lipinski definition) is 5. The molecule has 0 bridgehead atoms. The first-order valence-corrected chi connectivity index (χ1v) is 7.23. The van der Waals surface area contributed by atoms with E-state index in [-0.39, 0.29) is 5.91 Å². The maximum absolute atomic E-state index is 12.4. The van der Waals surface area contributed by atoms with Gasteiger partial charge in [-0.1, -0.05) is 0 Å². The van der Waals surface area contributed by atoms with E-state index >= 15 is 0 Å². The third-order valence-electron chi connectivity index (χ3n) is 3.33. The number of aryl methyl sites for hydroxylation is 2. The Morgan fingerprint density at radius 3 is 2.74 bits per heavy atom. The predicted molar refractivity (Wildman–Crippen MR) is 75.6 cm³/mol. The second kappa shape index (κ2) is 5.19. The molecule has 1 aromatic rings. The lowest BCUT2D eigenvalue weighted by Gasteiger charge is -2.26. The van der Waals surface area contributed by atoms with Crippen LogP contribution < -0.4 is 0 Å². The van der Waals surface area contributed by atoms with Gasteiger partial charge in [-0.05, 0) is 34.4 Å². The van der Waals surface area contributed by atoms with Gasteiger partial charge in [0.15, 0.2) is 0 Å². The molecular weight excluding hydrogens is 262 g/mol. The molecule has 0 spiro atoms. The van der Waals surface area contributed by atoms with Crippen molar-refractivity contribution in [2.24, 2.45) is 0 Å². The van der Waals surface area contributed by atoms with E-state index in [0.29, 0.717) is 30.9 Å². The first kappa shape index (κ1) is 14.4. The molecule has 2 heterocycles. The first-order valence-electron chi connectivity index (χ1n) is 6.41. The highest BCUT2D eigenvalue weighted by Gasteiger charge is 2.39. The predicted octanol–water partition coefficient (Wildman–Crippen LogP) is 0.899. The zero-order chi connectivity index (χ0) is 14.2. The van der Waals surface area contributed by atoms with E-state index < -0.39 is 5.60 Å². The van der Waals surface area contributed by atoms with Crippen LogP contribution in [0.5, 0.6) is 0 Å². The Balaban J connectivity index is 2.09. The SMILES string of the molecule is Cc1nc(C)c(C(=O)N2CCC(O)(CN(C)C)C2)s1. The minimum atomic E-state index is -0.785. The van der Waals surface area contributed by atoms with Crippen LogP contribution in [0.3, 0.4) is 0 Å². The summed E-state index contributed by atoms with van der Waals surface area (Å²) in [6.07, 6.45) is 0.633. The molecule has 1 N–H and O–H groups in total. The lowest BCUT2D eigenvalue weighted by Crippen LogP contribution is -2.43. The van der Waals surface area contributed by atoms with Gasteiger partial charge in [-0.15, -0.1) is 11.3 Å². The molecule has 0 saturated carbocycles. The number of likely N-dealkylation sites (tertiary alicyclic amines) is 1. The summed E-state index contributed by atoms with van der Waals surface area (Å²) in [4.78, 5) is 21.1. The maximum atomic E-state index is 12.4. The van der Waals surface area contributed by atoms with Crippen molar-refractivity contribution in [3.05, 3.63) is 15.6 Å². The van der Waals surface area contributed by atoms with E-state index in [9.17, 15) is 9.90 Å². The summed E-state index contributed by atoms with van der Waals surface area (Å²) in [7, 11) is 3.86. The number of hydrogen-bond donors (Lipinski definition) is 1. The number of carbonyl (C=O) groups excluding carboxylic acids is 1. The van der Waals surface area contributed by atoms with Crippen LogP contribution >= 0.6 is 11.3 Å². The van der Waals surface area contributed by atoms with Gasteiger partial charge in [0.05, 0.1) is 22.8 Å². The highest BCUT2D eigenvalue weighted by Crippen LogP contribution is 2.26. The average Bonchev–Trinajstić information content (AvgIpc) is 2.80. The normalized spacial score (nSPS) is 23.4. The summed E-state index contributed by atoms with van der Waals surface area (Å²) >= 11 is 1.43. The Bertz CT molecular complexity index is 486. The van der Waals surface area contributed by atoms with E-state index in [4.69, 9.17) is 0 Å². The Morgan fingerprint density at radius 2 is 2.21 bits per heavy atom. The van der Waals surface area contributed by atoms with E-state index in [1.165, 1.54) is 11.3 Å². The van der Waals surface area contributed by atoms with Crippen LogP contribution in [0.2, 0.25) is 0 Å². The zero-order valence-electron chi connectivity index (χ0n) is 11.9. The number of aliphatic hydroxyl groups is 1. The molecule has 2 rings (SSSR count). The zero-order valence-corrected chi connectivity index (χ0v) is 12.8. The molecule has 1 fully saturated rings. The van der Waals surface area contributed by atoms with E-state index in [0.717, 1.165) is 10.7 Å². The number of likely N-dealkylation sites (N-methyl/N-ethyl adjacent to an activating group) is 1. The van der Waals surface area contributed by atoms with Gasteiger partial charge in [-0.3, -0.25) is 4.79 Å². The van der Waals surface area contributed by atoms with Crippen molar-refractivity contribution < 1.29 is 9.90 Å². The second-order valence-electron chi connectivity index (χ2n) is 5.59. The fourth-order valence-electron chi connectivity index (χ4n) is 2.62. The number of aromatic nitrogens is 1. The summed E-state index contributed by atoms with van der Waals surface area (Å²) in [6, 6.07) is 0. The lowest BCUT2D eigenvalue weighted by molar-refractivity contribution is 0.0237. The van der Waals surface area contributed by atoms with Crippen molar-refractivity contribution in [2.75, 3.05) is 33.7 Å². The van der Waals surface area contributed by atoms with Crippen LogP contribution in [0.4, 0.5) is 0 Å². The maximum Gasteiger partial charge on any atom is 0.265 e. The van der Waals surface area contributed by atoms with Crippen molar-refractivity contribution in [3.8, 4) is 0 Å². The van der Waals surface area contributed by atoms with Gasteiger partial charge < -0.3 is 14.9 Å². The molecule has 5 nitrogen and oxygen atoms in total. The number of carbonyl (C=O) groups is 1. The van der Waals surface area contributed by atoms with Gasteiger partial charge in [0, 0.05) is 13.1 Å². The van der Waals surface area contributed by atoms with Crippen LogP contribution in [0.1, 0.15) is 26.8 Å². The molecule has 1 saturated heterocycles. The molecule has 6 heteroatoms. The number of β-amino-alcohol motifs (C(OH)–C–C–N with tert-alkyl or cyclic N) is 1. The van der Waals surface area contributed by atoms with E-state index in [2.05, 4.69) is 4.98 Å². The second-order valence-corrected chi connectivity index (χ2v) is 6.79. The van der Waals surface area contributed by atoms with Crippen LogP contribution in [-0.4, -0.2) is 65.1 Å². The molecule has 1 unspecified atom stereocenters. The summed E-state index contributed by atoms with van der Waals surface area (Å²) < 4.78 is 0. The van der Waals surface area contributed by atoms with Crippen molar-refractivity contribution >= 4 is 17.2 Å². The molecule has 1 atom stereocenters. The quantitative estimate of drug-likeness (QED) is 0.895. The van der Waals surface area contributed by atoms with E-state index in [1.807, 2.05) is 32.8 Å². The van der Waals surface area contributed by atoms with Gasteiger partial charge in [0.25, 0.3) is 5.91 Å². The molecule has 1 aliphatic heterocycles. The van der Waals surface area contributed by atoms with Crippen molar-refractivity contribution in [1.82, 2.24) is 14.8 Å². The molecule has 1 amide bonds. The fourth-order valence-corrected chi connectivity index (χ4v) is 3.51. The molecule has 106 valence electrons. The van der Waals surface area contributed by atoms with Crippen LogP contribution in [-0.2, 0) is 0 Å². The molecule has 0 radical (unpaired) electrons. The minimum absolute atomic E-state index is 0.00205. The number of amides is 1. The van der Waals surface area contributed by atoms with Crippen LogP contribution in [0.25, 0.3) is 0 Å². The van der Waals surface area contributed by atoms with Gasteiger partial charge in [-0.2, -0.15) is 0 Å². The standard InChI is InChI=1S/C13H21N3O2S/c1-9-11(19-10(2)14-9)12(17)16-6-5-13(18,8-16)7-15(3)4/h18H,5-8H2,1-4H3. The first-order chi connectivity index (χ1) is 8.81. The summed E-state index contributed by atoms with van der Waals surface area (Å²) in [6.45, 7) is 5.36. The summed E-state index contributed by atoms with van der Waals surface area (Å²) in [5.41, 5.74) is 0.00262. The molecule has 19 heavy (non-hydrogen) atoms. The lowest BCUT2D eigenvalue weighted by atomic mass is 10.0. The Kier molecular flexibility index (Phi) is 3.94. The highest BCUT2D eigenvalue weighted by molar-refractivity contribution is 7.13. The molecular formula is C13H21N3O2S. The summed E-state index contributed by atoms with van der Waals surface area (Å²) in [5.74, 6) is -0.00205. The Labute approximate surface area is 117 Å². The van der Waals surface area contributed by atoms with Crippen molar-refractivity contribution in [3.63, 3.8) is 0 Å². The number of thiazole rings is 1. The molecule has 1 aromatic heterocycles. The third-order valence-corrected chi connectivity index (χ3v) is 4.39. The monoisotopic (exact) mass is 283 g/mol. The highest BCUT2D eigenvalue weighted by atomic mass is 32.1. The van der Waals surface area contributed by atoms with Crippen LogP contribution in [0.15, 0.2) is 0 Å². The summed E-state index contributed by atoms with van der Waals surface area (Å²) in [5, 5.41) is 11.4. The largest absolute Gasteiger partial charge is 0.387 e.